The second-order valence-corrected chi connectivity index (χ2v) is 4.93. The number of aromatic nitrogens is 2. The van der Waals surface area contributed by atoms with Gasteiger partial charge in [0.15, 0.2) is 11.5 Å². The van der Waals surface area contributed by atoms with Gasteiger partial charge in [-0.2, -0.15) is 4.98 Å². The second-order valence-electron chi connectivity index (χ2n) is 4.93. The normalized spacial score (nSPS) is 17.0. The summed E-state index contributed by atoms with van der Waals surface area (Å²) < 4.78 is 26.9. The van der Waals surface area contributed by atoms with Gasteiger partial charge in [0.2, 0.25) is 11.6 Å². The zero-order chi connectivity index (χ0) is 16.2. The van der Waals surface area contributed by atoms with Gasteiger partial charge in [0.1, 0.15) is 6.10 Å². The number of hydrogen-bond acceptors (Lipinski definition) is 8. The van der Waals surface area contributed by atoms with Crippen LogP contribution in [-0.2, 0) is 4.74 Å². The fourth-order valence-corrected chi connectivity index (χ4v) is 2.42. The van der Waals surface area contributed by atoms with Crippen LogP contribution in [0.15, 0.2) is 16.7 Å². The third-order valence-electron chi connectivity index (χ3n) is 3.57. The van der Waals surface area contributed by atoms with Gasteiger partial charge in [0.25, 0.3) is 5.89 Å². The third kappa shape index (κ3) is 3.55. The molecule has 1 aliphatic heterocycles. The number of benzene rings is 1. The van der Waals surface area contributed by atoms with Gasteiger partial charge in [-0.15, -0.1) is 12.4 Å². The van der Waals surface area contributed by atoms with E-state index in [0.717, 1.165) is 6.54 Å². The molecule has 1 aromatic heterocycles. The summed E-state index contributed by atoms with van der Waals surface area (Å²) in [5.74, 6) is 2.46. The first-order valence-corrected chi connectivity index (χ1v) is 7.23. The highest BCUT2D eigenvalue weighted by Crippen LogP contribution is 2.40. The molecule has 8 nitrogen and oxygen atoms in total. The van der Waals surface area contributed by atoms with Crippen molar-refractivity contribution in [1.29, 1.82) is 0 Å². The van der Waals surface area contributed by atoms with Crippen LogP contribution in [0, 0.1) is 0 Å². The maximum Gasteiger partial charge on any atom is 0.257 e. The van der Waals surface area contributed by atoms with Crippen molar-refractivity contribution in [2.45, 2.75) is 6.10 Å². The van der Waals surface area contributed by atoms with E-state index < -0.39 is 0 Å². The highest BCUT2D eigenvalue weighted by molar-refractivity contribution is 5.85. The minimum atomic E-state index is -0.230. The summed E-state index contributed by atoms with van der Waals surface area (Å²) >= 11 is 0. The number of halogens is 1. The van der Waals surface area contributed by atoms with E-state index in [1.54, 1.807) is 33.5 Å². The van der Waals surface area contributed by atoms with E-state index in [2.05, 4.69) is 15.5 Å². The fourth-order valence-electron chi connectivity index (χ4n) is 2.42. The molecule has 1 saturated heterocycles. The van der Waals surface area contributed by atoms with E-state index in [9.17, 15) is 0 Å². The van der Waals surface area contributed by atoms with E-state index in [4.69, 9.17) is 23.5 Å². The van der Waals surface area contributed by atoms with Gasteiger partial charge in [-0.1, -0.05) is 5.16 Å². The molecule has 3 rings (SSSR count). The third-order valence-corrected chi connectivity index (χ3v) is 3.57. The van der Waals surface area contributed by atoms with Crippen molar-refractivity contribution in [3.63, 3.8) is 0 Å². The molecule has 0 saturated carbocycles. The molecule has 0 bridgehead atoms. The minimum Gasteiger partial charge on any atom is -0.493 e. The molecule has 24 heavy (non-hydrogen) atoms. The number of nitrogens with zero attached hydrogens (tertiary/aromatic N) is 2. The van der Waals surface area contributed by atoms with Crippen molar-refractivity contribution in [3.05, 3.63) is 18.0 Å². The first-order valence-electron chi connectivity index (χ1n) is 7.23. The summed E-state index contributed by atoms with van der Waals surface area (Å²) in [4.78, 5) is 4.42. The van der Waals surface area contributed by atoms with Gasteiger partial charge < -0.3 is 28.8 Å². The first kappa shape index (κ1) is 18.3. The van der Waals surface area contributed by atoms with Crippen molar-refractivity contribution >= 4 is 12.4 Å². The van der Waals surface area contributed by atoms with Crippen LogP contribution < -0.4 is 19.5 Å². The highest BCUT2D eigenvalue weighted by Gasteiger charge is 2.23. The summed E-state index contributed by atoms with van der Waals surface area (Å²) in [6, 6.07) is 3.55. The molecule has 0 aliphatic carbocycles. The predicted octanol–water partition coefficient (Wildman–Crippen LogP) is 1.85. The number of hydrogen-bond donors (Lipinski definition) is 1. The smallest absolute Gasteiger partial charge is 0.257 e. The van der Waals surface area contributed by atoms with Crippen molar-refractivity contribution in [2.75, 3.05) is 41.0 Å². The van der Waals surface area contributed by atoms with Crippen molar-refractivity contribution in [3.8, 4) is 28.6 Å². The lowest BCUT2D eigenvalue weighted by molar-refractivity contribution is 0.00755. The van der Waals surface area contributed by atoms with Gasteiger partial charge in [-0.05, 0) is 12.1 Å². The van der Waals surface area contributed by atoms with Crippen LogP contribution in [0.2, 0.25) is 0 Å². The van der Waals surface area contributed by atoms with Gasteiger partial charge in [0.05, 0.1) is 27.9 Å². The molecule has 0 radical (unpaired) electrons. The van der Waals surface area contributed by atoms with E-state index in [0.29, 0.717) is 47.7 Å². The van der Waals surface area contributed by atoms with Crippen LogP contribution in [0.1, 0.15) is 12.0 Å². The largest absolute Gasteiger partial charge is 0.493 e. The molecule has 0 amide bonds. The van der Waals surface area contributed by atoms with Crippen molar-refractivity contribution < 1.29 is 23.5 Å². The lowest BCUT2D eigenvalue weighted by Crippen LogP contribution is -2.33. The summed E-state index contributed by atoms with van der Waals surface area (Å²) in [6.07, 6.45) is -0.230. The zero-order valence-electron chi connectivity index (χ0n) is 13.7. The molecule has 1 atom stereocenters. The second kappa shape index (κ2) is 8.18. The Balaban J connectivity index is 0.00000208. The average molecular weight is 358 g/mol. The quantitative estimate of drug-likeness (QED) is 0.867. The topological polar surface area (TPSA) is 87.9 Å². The van der Waals surface area contributed by atoms with E-state index >= 15 is 0 Å². The highest BCUT2D eigenvalue weighted by atomic mass is 35.5. The zero-order valence-corrected chi connectivity index (χ0v) is 14.5. The van der Waals surface area contributed by atoms with Crippen LogP contribution in [-0.4, -0.2) is 51.2 Å². The Kier molecular flexibility index (Phi) is 6.24. The standard InChI is InChI=1S/C15H19N3O5.ClH/c1-19-10-6-9(7-11(20-2)13(10)21-3)14-17-15(23-18-14)12-8-16-4-5-22-12;/h6-7,12,16H,4-5,8H2,1-3H3;1H/t12-;/m1./s1. The minimum absolute atomic E-state index is 0. The van der Waals surface area contributed by atoms with Crippen LogP contribution in [0.4, 0.5) is 0 Å². The Morgan fingerprint density at radius 1 is 1.12 bits per heavy atom. The van der Waals surface area contributed by atoms with Gasteiger partial charge in [0, 0.05) is 18.7 Å². The van der Waals surface area contributed by atoms with Crippen LogP contribution in [0.5, 0.6) is 17.2 Å². The van der Waals surface area contributed by atoms with Crippen LogP contribution in [0.3, 0.4) is 0 Å². The Hall–Kier alpha value is -2.03. The van der Waals surface area contributed by atoms with Gasteiger partial charge in [-0.3, -0.25) is 0 Å². The number of rotatable bonds is 5. The van der Waals surface area contributed by atoms with E-state index in [-0.39, 0.29) is 18.5 Å². The molecular formula is C15H20ClN3O5. The fraction of sp³-hybridized carbons (Fsp3) is 0.467. The maximum atomic E-state index is 5.61. The van der Waals surface area contributed by atoms with Crippen molar-refractivity contribution in [1.82, 2.24) is 15.5 Å². The molecular weight excluding hydrogens is 338 g/mol. The molecule has 132 valence electrons. The van der Waals surface area contributed by atoms with Crippen LogP contribution >= 0.6 is 12.4 Å². The summed E-state index contributed by atoms with van der Waals surface area (Å²) in [5.41, 5.74) is 0.707. The summed E-state index contributed by atoms with van der Waals surface area (Å²) in [7, 11) is 4.68. The van der Waals surface area contributed by atoms with Crippen molar-refractivity contribution in [2.24, 2.45) is 0 Å². The molecule has 9 heteroatoms. The molecule has 2 aromatic rings. The number of ether oxygens (including phenoxy) is 4. The van der Waals surface area contributed by atoms with Gasteiger partial charge >= 0.3 is 0 Å². The SMILES string of the molecule is COc1cc(-c2noc([C@H]3CNCCO3)n2)cc(OC)c1OC.Cl. The lowest BCUT2D eigenvalue weighted by Gasteiger charge is -2.19. The molecule has 0 spiro atoms. The predicted molar refractivity (Wildman–Crippen MR) is 88.2 cm³/mol. The molecule has 1 aromatic carbocycles. The van der Waals surface area contributed by atoms with E-state index in [1.807, 2.05) is 0 Å². The van der Waals surface area contributed by atoms with Crippen LogP contribution in [0.25, 0.3) is 11.4 Å². The number of morpholine rings is 1. The maximum absolute atomic E-state index is 5.61. The van der Waals surface area contributed by atoms with E-state index in [1.165, 1.54) is 0 Å². The molecule has 0 unspecified atom stereocenters. The Labute approximate surface area is 145 Å². The molecule has 1 N–H and O–H groups in total. The summed E-state index contributed by atoms with van der Waals surface area (Å²) in [6.45, 7) is 2.09. The monoisotopic (exact) mass is 357 g/mol. The summed E-state index contributed by atoms with van der Waals surface area (Å²) in [5, 5.41) is 7.25. The average Bonchev–Trinajstić information content (AvgIpc) is 3.11. The Morgan fingerprint density at radius 3 is 2.38 bits per heavy atom. The molecule has 2 heterocycles. The lowest BCUT2D eigenvalue weighted by atomic mass is 10.1. The molecule has 1 aliphatic rings. The first-order chi connectivity index (χ1) is 11.3. The Bertz CT molecular complexity index is 648. The Morgan fingerprint density at radius 2 is 1.83 bits per heavy atom. The van der Waals surface area contributed by atoms with Gasteiger partial charge in [-0.25, -0.2) is 0 Å². The number of methoxy groups -OCH3 is 3. The molecule has 1 fully saturated rings. The number of nitrogens with one attached hydrogen (secondary N) is 1.